The Morgan fingerprint density at radius 2 is 1.82 bits per heavy atom. The minimum atomic E-state index is -4.04. The molecule has 4 amide bonds. The molecule has 1 spiro atoms. The maximum atomic E-state index is 14.7. The number of fused-ring (bicyclic) bond motifs is 5. The number of carbonyl (C=O) groups is 4. The van der Waals surface area contributed by atoms with Crippen LogP contribution in [-0.2, 0) is 35.6 Å². The number of nitrogens with zero attached hydrogens (tertiary/aromatic N) is 2. The largest absolute Gasteiger partial charge is 0.483 e. The van der Waals surface area contributed by atoms with E-state index in [9.17, 15) is 36.4 Å². The van der Waals surface area contributed by atoms with Gasteiger partial charge in [-0.25, -0.2) is 27.0 Å². The number of ether oxygens (including phenoxy) is 2. The Morgan fingerprint density at radius 1 is 1.05 bits per heavy atom. The number of pyridine rings is 1. The highest BCUT2D eigenvalue weighted by molar-refractivity contribution is 7.91. The van der Waals surface area contributed by atoms with Gasteiger partial charge in [0.2, 0.25) is 21.8 Å². The third-order valence-electron chi connectivity index (χ3n) is 12.9. The number of amides is 4. The molecule has 1 saturated heterocycles. The Morgan fingerprint density at radius 3 is 2.54 bits per heavy atom. The molecule has 8 rings (SSSR count). The molecule has 5 atom stereocenters. The van der Waals surface area contributed by atoms with Crippen LogP contribution in [0.3, 0.4) is 0 Å². The van der Waals surface area contributed by atoms with Crippen molar-refractivity contribution in [3.63, 3.8) is 0 Å². The Kier molecular flexibility index (Phi) is 9.80. The molecule has 2 aromatic rings. The number of sulfonamides is 1. The number of hydrogen-bond acceptors (Lipinski definition) is 9. The van der Waals surface area contributed by atoms with E-state index >= 15 is 0 Å². The van der Waals surface area contributed by atoms with Crippen molar-refractivity contribution in [3.05, 3.63) is 47.2 Å². The lowest BCUT2D eigenvalue weighted by atomic mass is 9.65. The molecule has 0 radical (unpaired) electrons. The first-order chi connectivity index (χ1) is 26.6. The predicted molar refractivity (Wildman–Crippen MR) is 200 cm³/mol. The van der Waals surface area contributed by atoms with Crippen molar-refractivity contribution in [1.29, 1.82) is 0 Å². The fraction of sp³-hybridized carbons (Fsp3) is 0.625. The average molecular weight is 798 g/mol. The number of hydrogen-bond donors (Lipinski definition) is 3. The molecule has 4 fully saturated rings. The molecule has 1 aromatic heterocycles. The summed E-state index contributed by atoms with van der Waals surface area (Å²) in [6.07, 6.45) is 10.4. The second-order valence-corrected chi connectivity index (χ2v) is 19.3. The molecular formula is C40H49F2N5O8S. The molecular weight excluding hydrogens is 749 g/mol. The Labute approximate surface area is 324 Å². The van der Waals surface area contributed by atoms with Gasteiger partial charge in [-0.2, -0.15) is 0 Å². The number of carbonyl (C=O) groups excluding carboxylic acids is 4. The van der Waals surface area contributed by atoms with Crippen molar-refractivity contribution in [2.45, 2.75) is 132 Å². The van der Waals surface area contributed by atoms with Gasteiger partial charge in [0.1, 0.15) is 29.0 Å². The lowest BCUT2D eigenvalue weighted by molar-refractivity contribution is -0.144. The van der Waals surface area contributed by atoms with Crippen LogP contribution in [0.4, 0.5) is 13.6 Å². The van der Waals surface area contributed by atoms with Crippen molar-refractivity contribution < 1.29 is 45.9 Å². The fourth-order valence-electron chi connectivity index (χ4n) is 8.72. The van der Waals surface area contributed by atoms with Crippen molar-refractivity contribution in [2.75, 3.05) is 13.2 Å². The van der Waals surface area contributed by atoms with Gasteiger partial charge in [0, 0.05) is 29.4 Å². The van der Waals surface area contributed by atoms with Gasteiger partial charge >= 0.3 is 6.09 Å². The molecule has 3 saturated carbocycles. The second-order valence-electron chi connectivity index (χ2n) is 17.1. The Hall–Kier alpha value is -4.34. The zero-order chi connectivity index (χ0) is 39.6. The quantitative estimate of drug-likeness (QED) is 0.348. The van der Waals surface area contributed by atoms with Crippen molar-refractivity contribution >= 4 is 44.7 Å². The molecule has 302 valence electrons. The van der Waals surface area contributed by atoms with Crippen molar-refractivity contribution in [3.8, 4) is 5.75 Å². The average Bonchev–Trinajstić information content (AvgIpc) is 4.08. The Bertz CT molecular complexity index is 2120. The van der Waals surface area contributed by atoms with E-state index in [1.165, 1.54) is 4.90 Å². The fourth-order valence-corrected chi connectivity index (χ4v) is 10.0. The molecule has 0 bridgehead atoms. The molecule has 5 unspecified atom stereocenters. The normalized spacial score (nSPS) is 30.1. The summed E-state index contributed by atoms with van der Waals surface area (Å²) in [5.74, 6) is -3.82. The van der Waals surface area contributed by atoms with Crippen LogP contribution in [0.2, 0.25) is 0 Å². The van der Waals surface area contributed by atoms with Gasteiger partial charge in [-0.15, -0.1) is 0 Å². The summed E-state index contributed by atoms with van der Waals surface area (Å²) in [5, 5.41) is 6.13. The maximum absolute atomic E-state index is 14.7. The lowest BCUT2D eigenvalue weighted by Crippen LogP contribution is -2.70. The van der Waals surface area contributed by atoms with E-state index in [1.807, 2.05) is 12.2 Å². The van der Waals surface area contributed by atoms with Gasteiger partial charge in [0.25, 0.3) is 5.91 Å². The van der Waals surface area contributed by atoms with Crippen LogP contribution < -0.4 is 20.1 Å². The van der Waals surface area contributed by atoms with Gasteiger partial charge in [-0.1, -0.05) is 25.0 Å². The third-order valence-corrected chi connectivity index (χ3v) is 15.1. The van der Waals surface area contributed by atoms with Gasteiger partial charge in [-0.05, 0) is 96.5 Å². The topological polar surface area (TPSA) is 173 Å². The van der Waals surface area contributed by atoms with E-state index in [0.717, 1.165) is 37.8 Å². The number of nitrogens with one attached hydrogen (secondary N) is 3. The van der Waals surface area contributed by atoms with Crippen LogP contribution in [0.25, 0.3) is 10.9 Å². The number of aryl methyl sites for hydroxylation is 2. The van der Waals surface area contributed by atoms with Gasteiger partial charge in [0.05, 0.1) is 29.1 Å². The second kappa shape index (κ2) is 14.2. The van der Waals surface area contributed by atoms with Crippen molar-refractivity contribution in [1.82, 2.24) is 25.2 Å². The zero-order valence-corrected chi connectivity index (χ0v) is 32.6. The molecule has 16 heteroatoms. The molecule has 13 nitrogen and oxygen atoms in total. The van der Waals surface area contributed by atoms with Crippen LogP contribution >= 0.6 is 0 Å². The van der Waals surface area contributed by atoms with Crippen LogP contribution in [0.1, 0.15) is 102 Å². The smallest absolute Gasteiger partial charge is 0.407 e. The summed E-state index contributed by atoms with van der Waals surface area (Å²) in [4.78, 5) is 62.5. The molecule has 6 aliphatic rings. The van der Waals surface area contributed by atoms with Crippen molar-refractivity contribution in [2.24, 2.45) is 11.8 Å². The minimum Gasteiger partial charge on any atom is -0.483 e. The lowest BCUT2D eigenvalue weighted by Gasteiger charge is -2.48. The summed E-state index contributed by atoms with van der Waals surface area (Å²) in [7, 11) is -4.04. The van der Waals surface area contributed by atoms with E-state index in [0.29, 0.717) is 79.7 Å². The summed E-state index contributed by atoms with van der Waals surface area (Å²) >= 11 is 0. The van der Waals surface area contributed by atoms with Crippen LogP contribution in [0.5, 0.6) is 5.75 Å². The summed E-state index contributed by atoms with van der Waals surface area (Å²) in [6.45, 7) is 3.48. The zero-order valence-electron chi connectivity index (χ0n) is 31.8. The molecule has 3 aliphatic heterocycles. The minimum absolute atomic E-state index is 0.00664. The SMILES string of the molecule is Cc1nc2cc(F)c(F)cc2c2c1OC1(CC2)CC2C(=O)NC3(C(=O)NS(=O)(=O)C4(C)CC4)CCC3C=CCCCCCC(NC(=O)OCC3CC3)C(=O)N2C1. The monoisotopic (exact) mass is 797 g/mol. The highest BCUT2D eigenvalue weighted by Gasteiger charge is 2.59. The number of alkyl carbamates (subject to hydrolysis) is 1. The first kappa shape index (κ1) is 38.5. The van der Waals surface area contributed by atoms with E-state index in [4.69, 9.17) is 9.47 Å². The number of halogens is 2. The molecule has 4 heterocycles. The predicted octanol–water partition coefficient (Wildman–Crippen LogP) is 4.77. The van der Waals surface area contributed by atoms with Gasteiger partial charge in [-0.3, -0.25) is 19.1 Å². The van der Waals surface area contributed by atoms with E-state index in [2.05, 4.69) is 20.3 Å². The molecule has 56 heavy (non-hydrogen) atoms. The first-order valence-corrected chi connectivity index (χ1v) is 21.4. The van der Waals surface area contributed by atoms with Crippen LogP contribution in [-0.4, -0.2) is 83.2 Å². The third kappa shape index (κ3) is 7.10. The Balaban J connectivity index is 1.14. The molecule has 1 aromatic carbocycles. The number of benzene rings is 1. The molecule has 3 N–H and O–H groups in total. The van der Waals surface area contributed by atoms with E-state index in [1.54, 1.807) is 13.8 Å². The highest BCUT2D eigenvalue weighted by atomic mass is 32.2. The maximum Gasteiger partial charge on any atom is 0.407 e. The summed E-state index contributed by atoms with van der Waals surface area (Å²) in [6, 6.07) is -0.0461. The first-order valence-electron chi connectivity index (χ1n) is 19.9. The summed E-state index contributed by atoms with van der Waals surface area (Å²) in [5.41, 5.74) is -1.35. The van der Waals surface area contributed by atoms with E-state index < -0.39 is 79.4 Å². The number of aromatic nitrogens is 1. The summed E-state index contributed by atoms with van der Waals surface area (Å²) < 4.78 is 68.6. The highest BCUT2D eigenvalue weighted by Crippen LogP contribution is 2.47. The molecule has 3 aliphatic carbocycles. The number of rotatable bonds is 6. The standard InChI is InChI=1S/C40H49F2N5O8S/c1-23-33-26(27-18-28(41)29(42)19-31(27)43-23)13-14-39(55-33)20-32-34(48)45-40(36(50)46-56(52,53)38(2)16-17-38)15-12-25(40)8-6-4-3-5-7-9-30(35(49)47(32)22-39)44-37(51)54-21-24-10-11-24/h6,8,18-19,24-25,30,32H,3-5,7,9-17,20-22H2,1-2H3,(H,44,51)(H,45,48)(H,46,50). The van der Waals surface area contributed by atoms with E-state index in [-0.39, 0.29) is 31.5 Å². The number of allylic oxidation sites excluding steroid dienone is 1. The van der Waals surface area contributed by atoms with Crippen LogP contribution in [0.15, 0.2) is 24.3 Å². The van der Waals surface area contributed by atoms with Gasteiger partial charge in [0.15, 0.2) is 11.6 Å². The van der Waals surface area contributed by atoms with Gasteiger partial charge < -0.3 is 25.0 Å². The van der Waals surface area contributed by atoms with Crippen LogP contribution in [0, 0.1) is 30.4 Å².